The van der Waals surface area contributed by atoms with E-state index in [0.717, 1.165) is 22.8 Å². The van der Waals surface area contributed by atoms with Crippen molar-refractivity contribution in [2.75, 3.05) is 16.4 Å². The first-order valence-corrected chi connectivity index (χ1v) is 9.74. The first-order valence-electron chi connectivity index (χ1n) is 8.38. The Bertz CT molecular complexity index is 926. The maximum Gasteiger partial charge on any atom is 0.234 e. The molecule has 140 valence electrons. The van der Waals surface area contributed by atoms with Gasteiger partial charge in [-0.05, 0) is 48.9 Å². The van der Waals surface area contributed by atoms with Gasteiger partial charge in [0.2, 0.25) is 5.91 Å². The van der Waals surface area contributed by atoms with E-state index >= 15 is 0 Å². The van der Waals surface area contributed by atoms with E-state index in [1.54, 1.807) is 0 Å². The van der Waals surface area contributed by atoms with Crippen molar-refractivity contribution in [3.8, 4) is 0 Å². The van der Waals surface area contributed by atoms with Gasteiger partial charge in [0.1, 0.15) is 0 Å². The molecule has 6 nitrogen and oxygen atoms in total. The molecule has 0 spiro atoms. The highest BCUT2D eigenvalue weighted by molar-refractivity contribution is 7.99. The fraction of sp³-hybridized carbons (Fsp3) is 0.211. The molecule has 0 radical (unpaired) electrons. The molecule has 1 aromatic heterocycles. The zero-order valence-electron chi connectivity index (χ0n) is 15.1. The van der Waals surface area contributed by atoms with Crippen LogP contribution in [0.25, 0.3) is 0 Å². The van der Waals surface area contributed by atoms with Crippen molar-refractivity contribution < 1.29 is 4.79 Å². The van der Waals surface area contributed by atoms with Crippen LogP contribution in [0.3, 0.4) is 0 Å². The van der Waals surface area contributed by atoms with E-state index in [1.807, 2.05) is 67.1 Å². The maximum absolute atomic E-state index is 12.1. The zero-order chi connectivity index (χ0) is 19.2. The van der Waals surface area contributed by atoms with E-state index in [2.05, 4.69) is 20.8 Å². The lowest BCUT2D eigenvalue weighted by Crippen LogP contribution is -2.14. The van der Waals surface area contributed by atoms with Crippen molar-refractivity contribution in [1.82, 2.24) is 14.8 Å². The number of carbonyl (C=O) groups excluding carboxylic acids is 1. The van der Waals surface area contributed by atoms with Crippen LogP contribution in [0.5, 0.6) is 0 Å². The molecule has 8 heteroatoms. The lowest BCUT2D eigenvalue weighted by Gasteiger charge is -2.07. The quantitative estimate of drug-likeness (QED) is 0.582. The minimum atomic E-state index is -0.0746. The van der Waals surface area contributed by atoms with Gasteiger partial charge in [-0.25, -0.2) is 0 Å². The number of nitrogens with zero attached hydrogens (tertiary/aromatic N) is 3. The molecule has 0 unspecified atom stereocenters. The maximum atomic E-state index is 12.1. The number of carbonyl (C=O) groups is 1. The van der Waals surface area contributed by atoms with Crippen molar-refractivity contribution in [1.29, 1.82) is 0 Å². The third-order valence-corrected chi connectivity index (χ3v) is 5.13. The van der Waals surface area contributed by atoms with Crippen molar-refractivity contribution in [2.24, 2.45) is 7.05 Å². The standard InChI is InChI=1S/C19H20ClN5OS/c1-13-4-3-5-16(10-13)22-18(26)12-27-19-24-23-17(25(19)2)11-21-15-8-6-14(20)7-9-15/h3-10,21H,11-12H2,1-2H3,(H,22,26). The van der Waals surface area contributed by atoms with Crippen LogP contribution in [0.4, 0.5) is 11.4 Å². The molecular formula is C19H20ClN5OS. The third kappa shape index (κ3) is 5.48. The molecule has 0 saturated carbocycles. The second kappa shape index (κ2) is 8.92. The van der Waals surface area contributed by atoms with E-state index in [9.17, 15) is 4.79 Å². The minimum absolute atomic E-state index is 0.0746. The summed E-state index contributed by atoms with van der Waals surface area (Å²) in [6.07, 6.45) is 0. The van der Waals surface area contributed by atoms with E-state index in [0.29, 0.717) is 16.7 Å². The normalized spacial score (nSPS) is 10.6. The van der Waals surface area contributed by atoms with Crippen molar-refractivity contribution in [2.45, 2.75) is 18.6 Å². The van der Waals surface area contributed by atoms with Gasteiger partial charge in [0.25, 0.3) is 0 Å². The van der Waals surface area contributed by atoms with Gasteiger partial charge < -0.3 is 15.2 Å². The molecular weight excluding hydrogens is 382 g/mol. The Balaban J connectivity index is 1.52. The second-order valence-electron chi connectivity index (χ2n) is 6.02. The summed E-state index contributed by atoms with van der Waals surface area (Å²) < 4.78 is 1.88. The number of benzene rings is 2. The Morgan fingerprint density at radius 3 is 2.67 bits per heavy atom. The summed E-state index contributed by atoms with van der Waals surface area (Å²) in [5.41, 5.74) is 2.85. The summed E-state index contributed by atoms with van der Waals surface area (Å²) in [6, 6.07) is 15.2. The lowest BCUT2D eigenvalue weighted by atomic mass is 10.2. The highest BCUT2D eigenvalue weighted by Crippen LogP contribution is 2.18. The Morgan fingerprint density at radius 1 is 1.15 bits per heavy atom. The predicted octanol–water partition coefficient (Wildman–Crippen LogP) is 4.12. The lowest BCUT2D eigenvalue weighted by molar-refractivity contribution is -0.113. The predicted molar refractivity (Wildman–Crippen MR) is 110 cm³/mol. The molecule has 2 N–H and O–H groups in total. The fourth-order valence-corrected chi connectivity index (χ4v) is 3.28. The van der Waals surface area contributed by atoms with Gasteiger partial charge in [-0.2, -0.15) is 0 Å². The van der Waals surface area contributed by atoms with E-state index in [1.165, 1.54) is 11.8 Å². The molecule has 3 rings (SSSR count). The third-order valence-electron chi connectivity index (χ3n) is 3.85. The van der Waals surface area contributed by atoms with Gasteiger partial charge in [0.05, 0.1) is 12.3 Å². The van der Waals surface area contributed by atoms with Gasteiger partial charge in [0.15, 0.2) is 11.0 Å². The Morgan fingerprint density at radius 2 is 1.93 bits per heavy atom. The number of hydrogen-bond acceptors (Lipinski definition) is 5. The van der Waals surface area contributed by atoms with Crippen LogP contribution in [0.15, 0.2) is 53.7 Å². The summed E-state index contributed by atoms with van der Waals surface area (Å²) in [6.45, 7) is 2.52. The molecule has 0 atom stereocenters. The average Bonchev–Trinajstić information content (AvgIpc) is 2.99. The number of thioether (sulfide) groups is 1. The first-order chi connectivity index (χ1) is 13.0. The van der Waals surface area contributed by atoms with Gasteiger partial charge in [-0.1, -0.05) is 35.5 Å². The first kappa shape index (κ1) is 19.3. The molecule has 0 saturated heterocycles. The molecule has 0 aliphatic heterocycles. The van der Waals surface area contributed by atoms with Crippen LogP contribution in [-0.2, 0) is 18.4 Å². The van der Waals surface area contributed by atoms with E-state index in [4.69, 9.17) is 11.6 Å². The second-order valence-corrected chi connectivity index (χ2v) is 7.40. The topological polar surface area (TPSA) is 71.8 Å². The van der Waals surface area contributed by atoms with Crippen LogP contribution in [-0.4, -0.2) is 26.4 Å². The highest BCUT2D eigenvalue weighted by atomic mass is 35.5. The van der Waals surface area contributed by atoms with Gasteiger partial charge in [0, 0.05) is 23.4 Å². The average molecular weight is 402 g/mol. The summed E-state index contributed by atoms with van der Waals surface area (Å²) in [7, 11) is 1.89. The summed E-state index contributed by atoms with van der Waals surface area (Å²) >= 11 is 7.24. The van der Waals surface area contributed by atoms with Crippen LogP contribution in [0.1, 0.15) is 11.4 Å². The Hall–Kier alpha value is -2.51. The fourth-order valence-electron chi connectivity index (χ4n) is 2.42. The number of hydrogen-bond donors (Lipinski definition) is 2. The van der Waals surface area contributed by atoms with E-state index in [-0.39, 0.29) is 11.7 Å². The van der Waals surface area contributed by atoms with Gasteiger partial charge >= 0.3 is 0 Å². The summed E-state index contributed by atoms with van der Waals surface area (Å²) in [4.78, 5) is 12.1. The largest absolute Gasteiger partial charge is 0.378 e. The molecule has 1 heterocycles. The monoisotopic (exact) mass is 401 g/mol. The summed E-state index contributed by atoms with van der Waals surface area (Å²) in [5, 5.41) is 15.9. The molecule has 0 aliphatic carbocycles. The number of aromatic nitrogens is 3. The van der Waals surface area contributed by atoms with Crippen molar-refractivity contribution in [3.63, 3.8) is 0 Å². The molecule has 3 aromatic rings. The van der Waals surface area contributed by atoms with Crippen LogP contribution >= 0.6 is 23.4 Å². The van der Waals surface area contributed by atoms with Gasteiger partial charge in [-0.3, -0.25) is 4.79 Å². The number of aryl methyl sites for hydroxylation is 1. The Kier molecular flexibility index (Phi) is 6.36. The molecule has 27 heavy (non-hydrogen) atoms. The van der Waals surface area contributed by atoms with Crippen LogP contribution < -0.4 is 10.6 Å². The number of halogens is 1. The SMILES string of the molecule is Cc1cccc(NC(=O)CSc2nnc(CNc3ccc(Cl)cc3)n2C)c1. The van der Waals surface area contributed by atoms with Crippen LogP contribution in [0, 0.1) is 6.92 Å². The minimum Gasteiger partial charge on any atom is -0.378 e. The molecule has 2 aromatic carbocycles. The molecule has 1 amide bonds. The molecule has 0 fully saturated rings. The van der Waals surface area contributed by atoms with Gasteiger partial charge in [-0.15, -0.1) is 10.2 Å². The zero-order valence-corrected chi connectivity index (χ0v) is 16.6. The molecule has 0 bridgehead atoms. The van der Waals surface area contributed by atoms with Crippen molar-refractivity contribution in [3.05, 3.63) is 64.9 Å². The number of rotatable bonds is 7. The Labute approximate surface area is 167 Å². The molecule has 0 aliphatic rings. The van der Waals surface area contributed by atoms with E-state index < -0.39 is 0 Å². The number of nitrogens with one attached hydrogen (secondary N) is 2. The number of anilines is 2. The van der Waals surface area contributed by atoms with Crippen molar-refractivity contribution >= 4 is 40.6 Å². The summed E-state index contributed by atoms with van der Waals surface area (Å²) in [5.74, 6) is 0.978. The smallest absolute Gasteiger partial charge is 0.234 e. The number of amides is 1. The highest BCUT2D eigenvalue weighted by Gasteiger charge is 2.11. The van der Waals surface area contributed by atoms with Crippen LogP contribution in [0.2, 0.25) is 5.02 Å².